The minimum atomic E-state index is -1.21. The second kappa shape index (κ2) is 5.53. The summed E-state index contributed by atoms with van der Waals surface area (Å²) in [6.45, 7) is 9.06. The van der Waals surface area contributed by atoms with Gasteiger partial charge in [-0.1, -0.05) is 6.08 Å². The molecule has 0 spiro atoms. The van der Waals surface area contributed by atoms with Gasteiger partial charge < -0.3 is 14.9 Å². The van der Waals surface area contributed by atoms with Crippen molar-refractivity contribution in [3.05, 3.63) is 12.7 Å². The molecule has 0 aliphatic carbocycles. The van der Waals surface area contributed by atoms with Crippen LogP contribution >= 0.6 is 0 Å². The Balaban J connectivity index is 4.93. The number of nitrogens with zero attached hydrogens (tertiary/aromatic N) is 2. The molecule has 0 unspecified atom stereocenters. The highest BCUT2D eigenvalue weighted by atomic mass is 16.4. The van der Waals surface area contributed by atoms with E-state index in [0.29, 0.717) is 13.1 Å². The van der Waals surface area contributed by atoms with Crippen molar-refractivity contribution in [2.45, 2.75) is 26.3 Å². The van der Waals surface area contributed by atoms with Gasteiger partial charge in [-0.05, 0) is 20.8 Å². The van der Waals surface area contributed by atoms with Crippen molar-refractivity contribution in [2.75, 3.05) is 20.1 Å². The molecule has 5 nitrogen and oxygen atoms in total. The highest BCUT2D eigenvalue weighted by Crippen LogP contribution is 2.16. The van der Waals surface area contributed by atoms with Gasteiger partial charge in [0.1, 0.15) is 5.54 Å². The summed E-state index contributed by atoms with van der Waals surface area (Å²) in [7, 11) is 1.62. The first kappa shape index (κ1) is 14.5. The fraction of sp³-hybridized carbons (Fsp3) is 0.636. The van der Waals surface area contributed by atoms with Crippen LogP contribution in [0.2, 0.25) is 0 Å². The van der Waals surface area contributed by atoms with Crippen LogP contribution < -0.4 is 0 Å². The fourth-order valence-corrected chi connectivity index (χ4v) is 1.36. The Kier molecular flexibility index (Phi) is 5.01. The van der Waals surface area contributed by atoms with Crippen molar-refractivity contribution in [3.63, 3.8) is 0 Å². The third-order valence-corrected chi connectivity index (χ3v) is 2.47. The van der Waals surface area contributed by atoms with Gasteiger partial charge in [-0.15, -0.1) is 6.58 Å². The van der Waals surface area contributed by atoms with Crippen molar-refractivity contribution < 1.29 is 14.7 Å². The number of carboxylic acids is 1. The predicted octanol–water partition coefficient (Wildman–Crippen LogP) is 1.41. The van der Waals surface area contributed by atoms with Crippen molar-refractivity contribution in [2.24, 2.45) is 0 Å². The van der Waals surface area contributed by atoms with Gasteiger partial charge in [0, 0.05) is 20.1 Å². The summed E-state index contributed by atoms with van der Waals surface area (Å²) in [5, 5.41) is 9.07. The van der Waals surface area contributed by atoms with Gasteiger partial charge >= 0.3 is 12.0 Å². The van der Waals surface area contributed by atoms with Crippen LogP contribution in [0, 0.1) is 0 Å². The Morgan fingerprint density at radius 3 is 2.25 bits per heavy atom. The maximum atomic E-state index is 12.0. The van der Waals surface area contributed by atoms with Crippen molar-refractivity contribution in [3.8, 4) is 0 Å². The largest absolute Gasteiger partial charge is 0.480 e. The molecule has 0 aromatic heterocycles. The smallest absolute Gasteiger partial charge is 0.329 e. The summed E-state index contributed by atoms with van der Waals surface area (Å²) in [5.74, 6) is -1.02. The third-order valence-electron chi connectivity index (χ3n) is 2.47. The van der Waals surface area contributed by atoms with Gasteiger partial charge in [0.2, 0.25) is 0 Å². The normalized spacial score (nSPS) is 10.8. The van der Waals surface area contributed by atoms with Crippen LogP contribution in [0.1, 0.15) is 20.8 Å². The van der Waals surface area contributed by atoms with E-state index in [2.05, 4.69) is 6.58 Å². The number of hydrogen-bond acceptors (Lipinski definition) is 2. The Morgan fingerprint density at radius 2 is 1.94 bits per heavy atom. The minimum absolute atomic E-state index is 0.310. The van der Waals surface area contributed by atoms with Crippen molar-refractivity contribution in [1.82, 2.24) is 9.80 Å². The number of likely N-dealkylation sites (N-methyl/N-ethyl adjacent to an activating group) is 2. The molecular weight excluding hydrogens is 208 g/mol. The highest BCUT2D eigenvalue weighted by molar-refractivity contribution is 5.85. The zero-order valence-corrected chi connectivity index (χ0v) is 10.4. The van der Waals surface area contributed by atoms with Gasteiger partial charge in [-0.3, -0.25) is 0 Å². The molecule has 92 valence electrons. The molecule has 0 aliphatic heterocycles. The molecule has 0 aromatic carbocycles. The fourth-order valence-electron chi connectivity index (χ4n) is 1.36. The van der Waals surface area contributed by atoms with E-state index in [1.807, 2.05) is 0 Å². The maximum absolute atomic E-state index is 12.0. The van der Waals surface area contributed by atoms with Crippen LogP contribution in [0.25, 0.3) is 0 Å². The molecule has 5 heteroatoms. The molecule has 0 saturated heterocycles. The van der Waals surface area contributed by atoms with Gasteiger partial charge in [0.15, 0.2) is 0 Å². The van der Waals surface area contributed by atoms with E-state index in [-0.39, 0.29) is 6.03 Å². The van der Waals surface area contributed by atoms with E-state index in [9.17, 15) is 9.59 Å². The molecule has 16 heavy (non-hydrogen) atoms. The Morgan fingerprint density at radius 1 is 1.44 bits per heavy atom. The van der Waals surface area contributed by atoms with Crippen LogP contribution in [0.3, 0.4) is 0 Å². The standard InChI is InChI=1S/C11H20N2O3/c1-6-8-12(5)10(16)13(7-2)11(3,4)9(14)15/h6H,1,7-8H2,2-5H3,(H,14,15). The topological polar surface area (TPSA) is 60.9 Å². The van der Waals surface area contributed by atoms with Crippen LogP contribution in [-0.4, -0.2) is 52.6 Å². The summed E-state index contributed by atoms with van der Waals surface area (Å²) in [6.07, 6.45) is 1.60. The number of carbonyl (C=O) groups is 2. The second-order valence-electron chi connectivity index (χ2n) is 4.06. The molecular formula is C11H20N2O3. The van der Waals surface area contributed by atoms with E-state index >= 15 is 0 Å². The lowest BCUT2D eigenvalue weighted by atomic mass is 10.0. The molecule has 0 heterocycles. The van der Waals surface area contributed by atoms with Gasteiger partial charge in [-0.2, -0.15) is 0 Å². The lowest BCUT2D eigenvalue weighted by Crippen LogP contribution is -2.56. The van der Waals surface area contributed by atoms with Crippen LogP contribution in [0.15, 0.2) is 12.7 Å². The number of carboxylic acid groups (broad SMARTS) is 1. The van der Waals surface area contributed by atoms with E-state index in [4.69, 9.17) is 5.11 Å². The van der Waals surface area contributed by atoms with Crippen LogP contribution in [0.5, 0.6) is 0 Å². The number of amides is 2. The van der Waals surface area contributed by atoms with E-state index < -0.39 is 11.5 Å². The highest BCUT2D eigenvalue weighted by Gasteiger charge is 2.37. The summed E-state index contributed by atoms with van der Waals surface area (Å²) < 4.78 is 0. The first-order valence-electron chi connectivity index (χ1n) is 5.16. The number of rotatable bonds is 5. The average molecular weight is 228 g/mol. The van der Waals surface area contributed by atoms with Crippen molar-refractivity contribution >= 4 is 12.0 Å². The zero-order valence-electron chi connectivity index (χ0n) is 10.4. The first-order valence-corrected chi connectivity index (χ1v) is 5.16. The number of carbonyl (C=O) groups excluding carboxylic acids is 1. The molecule has 0 saturated carbocycles. The Hall–Kier alpha value is -1.52. The molecule has 1 N–H and O–H groups in total. The first-order chi connectivity index (χ1) is 7.28. The molecule has 0 bridgehead atoms. The molecule has 0 aromatic rings. The molecule has 0 rings (SSSR count). The third kappa shape index (κ3) is 2.98. The Labute approximate surface area is 96.3 Å². The summed E-state index contributed by atoms with van der Waals surface area (Å²) >= 11 is 0. The van der Waals surface area contributed by atoms with Crippen LogP contribution in [-0.2, 0) is 4.79 Å². The van der Waals surface area contributed by atoms with Gasteiger partial charge in [0.05, 0.1) is 0 Å². The van der Waals surface area contributed by atoms with Gasteiger partial charge in [0.25, 0.3) is 0 Å². The summed E-state index contributed by atoms with van der Waals surface area (Å²) in [5.41, 5.74) is -1.21. The van der Waals surface area contributed by atoms with Crippen LogP contribution in [0.4, 0.5) is 4.79 Å². The van der Waals surface area contributed by atoms with E-state index in [1.165, 1.54) is 23.6 Å². The predicted molar refractivity (Wildman–Crippen MR) is 62.3 cm³/mol. The zero-order chi connectivity index (χ0) is 12.9. The lowest BCUT2D eigenvalue weighted by molar-refractivity contribution is -0.147. The minimum Gasteiger partial charge on any atom is -0.480 e. The monoisotopic (exact) mass is 228 g/mol. The summed E-state index contributed by atoms with van der Waals surface area (Å²) in [4.78, 5) is 25.8. The van der Waals surface area contributed by atoms with E-state index in [0.717, 1.165) is 0 Å². The summed E-state index contributed by atoms with van der Waals surface area (Å²) in [6, 6.07) is -0.310. The number of aliphatic carboxylic acids is 1. The van der Waals surface area contributed by atoms with Gasteiger partial charge in [-0.25, -0.2) is 9.59 Å². The average Bonchev–Trinajstić information content (AvgIpc) is 2.18. The molecule has 2 amide bonds. The quantitative estimate of drug-likeness (QED) is 0.724. The molecule has 0 fully saturated rings. The molecule has 0 atom stereocenters. The SMILES string of the molecule is C=CCN(C)C(=O)N(CC)C(C)(C)C(=O)O. The number of hydrogen-bond donors (Lipinski definition) is 1. The number of urea groups is 1. The maximum Gasteiger partial charge on any atom is 0.329 e. The van der Waals surface area contributed by atoms with Crippen molar-refractivity contribution in [1.29, 1.82) is 0 Å². The molecule has 0 aliphatic rings. The Bertz CT molecular complexity index is 287. The lowest BCUT2D eigenvalue weighted by Gasteiger charge is -2.36. The van der Waals surface area contributed by atoms with E-state index in [1.54, 1.807) is 20.0 Å². The molecule has 0 radical (unpaired) electrons. The second-order valence-corrected chi connectivity index (χ2v) is 4.06.